The molecule has 4 nitrogen and oxygen atoms in total. The van der Waals surface area contributed by atoms with E-state index in [1.165, 1.54) is 18.3 Å². The number of anilines is 3. The molecule has 3 rings (SSSR count). The first-order chi connectivity index (χ1) is 12.4. The van der Waals surface area contributed by atoms with Crippen LogP contribution in [-0.2, 0) is 0 Å². The zero-order valence-electron chi connectivity index (χ0n) is 13.7. The average Bonchev–Trinajstić information content (AvgIpc) is 2.64. The van der Waals surface area contributed by atoms with Crippen molar-refractivity contribution in [3.8, 4) is 0 Å². The van der Waals surface area contributed by atoms with Gasteiger partial charge in [-0.1, -0.05) is 17.7 Å². The van der Waals surface area contributed by atoms with Crippen LogP contribution in [0.1, 0.15) is 15.9 Å². The van der Waals surface area contributed by atoms with Crippen LogP contribution in [-0.4, -0.2) is 10.9 Å². The van der Waals surface area contributed by atoms with Gasteiger partial charge in [-0.2, -0.15) is 0 Å². The van der Waals surface area contributed by atoms with Crippen molar-refractivity contribution >= 4 is 23.1 Å². The Balaban J connectivity index is 1.70. The summed E-state index contributed by atoms with van der Waals surface area (Å²) in [6.45, 7) is 1.92. The van der Waals surface area contributed by atoms with Gasteiger partial charge in [0.25, 0.3) is 5.91 Å². The van der Waals surface area contributed by atoms with Crippen LogP contribution in [0.15, 0.2) is 54.7 Å². The molecule has 2 aromatic carbocycles. The van der Waals surface area contributed by atoms with Crippen LogP contribution in [0, 0.1) is 24.4 Å². The summed E-state index contributed by atoms with van der Waals surface area (Å²) < 4.78 is 39.8. The lowest BCUT2D eigenvalue weighted by Gasteiger charge is -2.09. The Hall–Kier alpha value is -3.35. The summed E-state index contributed by atoms with van der Waals surface area (Å²) in [5, 5.41) is 5.24. The predicted octanol–water partition coefficient (Wildman–Crippen LogP) is 4.80. The van der Waals surface area contributed by atoms with E-state index in [0.717, 1.165) is 17.7 Å². The number of aromatic nitrogens is 1. The van der Waals surface area contributed by atoms with E-state index in [0.29, 0.717) is 17.1 Å². The number of carbonyl (C=O) groups is 1. The van der Waals surface area contributed by atoms with Gasteiger partial charge in [-0.05, 0) is 43.3 Å². The van der Waals surface area contributed by atoms with Crippen LogP contribution in [0.4, 0.5) is 30.4 Å². The number of nitrogens with one attached hydrogen (secondary N) is 2. The number of pyridine rings is 1. The van der Waals surface area contributed by atoms with Crippen LogP contribution in [0.25, 0.3) is 0 Å². The molecular formula is C19H14F3N3O. The van der Waals surface area contributed by atoms with Gasteiger partial charge in [-0.15, -0.1) is 0 Å². The summed E-state index contributed by atoms with van der Waals surface area (Å²) in [7, 11) is 0. The molecule has 132 valence electrons. The summed E-state index contributed by atoms with van der Waals surface area (Å²) >= 11 is 0. The second-order valence-corrected chi connectivity index (χ2v) is 5.60. The maximum Gasteiger partial charge on any atom is 0.256 e. The van der Waals surface area contributed by atoms with E-state index >= 15 is 0 Å². The number of amides is 1. The fourth-order valence-electron chi connectivity index (χ4n) is 2.21. The van der Waals surface area contributed by atoms with Crippen LogP contribution in [0.5, 0.6) is 0 Å². The summed E-state index contributed by atoms with van der Waals surface area (Å²) in [6.07, 6.45) is 1.34. The van der Waals surface area contributed by atoms with E-state index < -0.39 is 17.5 Å². The topological polar surface area (TPSA) is 54.0 Å². The van der Waals surface area contributed by atoms with E-state index in [2.05, 4.69) is 15.6 Å². The van der Waals surface area contributed by atoms with Crippen molar-refractivity contribution in [3.05, 3.63) is 83.3 Å². The molecule has 7 heteroatoms. The van der Waals surface area contributed by atoms with E-state index in [1.807, 2.05) is 19.1 Å². The maximum atomic E-state index is 13.7. The zero-order valence-corrected chi connectivity index (χ0v) is 13.7. The second kappa shape index (κ2) is 7.26. The highest BCUT2D eigenvalue weighted by atomic mass is 19.2. The molecule has 0 aliphatic rings. The number of aryl methyl sites for hydroxylation is 1. The third-order valence-electron chi connectivity index (χ3n) is 3.63. The monoisotopic (exact) mass is 357 g/mol. The first-order valence-electron chi connectivity index (χ1n) is 7.68. The van der Waals surface area contributed by atoms with Gasteiger partial charge in [0.1, 0.15) is 5.82 Å². The number of halogens is 3. The Kier molecular flexibility index (Phi) is 4.88. The first kappa shape index (κ1) is 17.5. The van der Waals surface area contributed by atoms with Crippen molar-refractivity contribution in [1.82, 2.24) is 4.98 Å². The van der Waals surface area contributed by atoms with Crippen molar-refractivity contribution in [3.63, 3.8) is 0 Å². The standard InChI is InChI=1S/C19H14F3N3O/c1-11-2-4-12(5-3-11)19(26)25-16-9-6-13(10-23-16)24-15-8-7-14(20)17(21)18(15)22/h2-10,24H,1H3,(H,23,25,26). The van der Waals surface area contributed by atoms with Gasteiger partial charge in [0, 0.05) is 5.56 Å². The van der Waals surface area contributed by atoms with Gasteiger partial charge in [0.15, 0.2) is 17.5 Å². The fourth-order valence-corrected chi connectivity index (χ4v) is 2.21. The molecule has 0 fully saturated rings. The molecule has 0 saturated heterocycles. The second-order valence-electron chi connectivity index (χ2n) is 5.60. The Morgan fingerprint density at radius 3 is 2.31 bits per heavy atom. The molecule has 0 radical (unpaired) electrons. The Bertz CT molecular complexity index is 941. The zero-order chi connectivity index (χ0) is 18.7. The smallest absolute Gasteiger partial charge is 0.256 e. The molecule has 2 N–H and O–H groups in total. The molecule has 1 aromatic heterocycles. The van der Waals surface area contributed by atoms with Gasteiger partial charge >= 0.3 is 0 Å². The van der Waals surface area contributed by atoms with Crippen LogP contribution < -0.4 is 10.6 Å². The molecule has 0 aliphatic heterocycles. The van der Waals surface area contributed by atoms with E-state index in [9.17, 15) is 18.0 Å². The summed E-state index contributed by atoms with van der Waals surface area (Å²) in [5.74, 6) is -4.15. The lowest BCUT2D eigenvalue weighted by molar-refractivity contribution is 0.102. The highest BCUT2D eigenvalue weighted by molar-refractivity contribution is 6.03. The number of benzene rings is 2. The van der Waals surface area contributed by atoms with Crippen molar-refractivity contribution in [2.45, 2.75) is 6.92 Å². The molecule has 26 heavy (non-hydrogen) atoms. The Labute approximate surface area is 147 Å². The van der Waals surface area contributed by atoms with Crippen LogP contribution >= 0.6 is 0 Å². The van der Waals surface area contributed by atoms with Crippen molar-refractivity contribution in [1.29, 1.82) is 0 Å². The van der Waals surface area contributed by atoms with E-state index in [4.69, 9.17) is 0 Å². The molecule has 0 bridgehead atoms. The first-order valence-corrected chi connectivity index (χ1v) is 7.68. The number of hydrogen-bond acceptors (Lipinski definition) is 3. The van der Waals surface area contributed by atoms with Crippen molar-refractivity contribution in [2.75, 3.05) is 10.6 Å². The van der Waals surface area contributed by atoms with Crippen molar-refractivity contribution < 1.29 is 18.0 Å². The lowest BCUT2D eigenvalue weighted by atomic mass is 10.1. The predicted molar refractivity (Wildman–Crippen MR) is 93.0 cm³/mol. The van der Waals surface area contributed by atoms with Crippen molar-refractivity contribution in [2.24, 2.45) is 0 Å². The highest BCUT2D eigenvalue weighted by Gasteiger charge is 2.13. The summed E-state index contributed by atoms with van der Waals surface area (Å²) in [5.41, 5.74) is 1.66. The number of nitrogens with zero attached hydrogens (tertiary/aromatic N) is 1. The fraction of sp³-hybridized carbons (Fsp3) is 0.0526. The highest BCUT2D eigenvalue weighted by Crippen LogP contribution is 2.23. The minimum atomic E-state index is -1.55. The molecule has 0 saturated carbocycles. The Morgan fingerprint density at radius 1 is 0.923 bits per heavy atom. The van der Waals surface area contributed by atoms with Crippen LogP contribution in [0.3, 0.4) is 0 Å². The van der Waals surface area contributed by atoms with Gasteiger partial charge in [-0.25, -0.2) is 18.2 Å². The van der Waals surface area contributed by atoms with Gasteiger partial charge in [-0.3, -0.25) is 4.79 Å². The molecular weight excluding hydrogens is 343 g/mol. The molecule has 0 atom stereocenters. The van der Waals surface area contributed by atoms with Gasteiger partial charge < -0.3 is 10.6 Å². The minimum Gasteiger partial charge on any atom is -0.352 e. The quantitative estimate of drug-likeness (QED) is 0.659. The molecule has 0 unspecified atom stereocenters. The molecule has 0 aliphatic carbocycles. The maximum absolute atomic E-state index is 13.7. The normalized spacial score (nSPS) is 10.5. The average molecular weight is 357 g/mol. The van der Waals surface area contributed by atoms with E-state index in [-0.39, 0.29) is 11.6 Å². The molecule has 3 aromatic rings. The van der Waals surface area contributed by atoms with Gasteiger partial charge in [0.2, 0.25) is 0 Å². The number of carbonyl (C=O) groups excluding carboxylic acids is 1. The SMILES string of the molecule is Cc1ccc(C(=O)Nc2ccc(Nc3ccc(F)c(F)c3F)cn2)cc1. The molecule has 0 spiro atoms. The Morgan fingerprint density at radius 2 is 1.65 bits per heavy atom. The molecule has 1 amide bonds. The lowest BCUT2D eigenvalue weighted by Crippen LogP contribution is -2.12. The molecule has 1 heterocycles. The van der Waals surface area contributed by atoms with Crippen LogP contribution in [0.2, 0.25) is 0 Å². The largest absolute Gasteiger partial charge is 0.352 e. The summed E-state index contributed by atoms with van der Waals surface area (Å²) in [4.78, 5) is 16.2. The minimum absolute atomic E-state index is 0.220. The number of hydrogen-bond donors (Lipinski definition) is 2. The van der Waals surface area contributed by atoms with Gasteiger partial charge in [0.05, 0.1) is 17.6 Å². The third-order valence-corrected chi connectivity index (χ3v) is 3.63. The summed E-state index contributed by atoms with van der Waals surface area (Å²) in [6, 6.07) is 12.0. The number of rotatable bonds is 4. The van der Waals surface area contributed by atoms with E-state index in [1.54, 1.807) is 12.1 Å². The third kappa shape index (κ3) is 3.83.